The molecule has 0 aromatic heterocycles. The largest absolute Gasteiger partial charge is 0.330 e. The van der Waals surface area contributed by atoms with E-state index in [1.54, 1.807) is 0 Å². The van der Waals surface area contributed by atoms with Crippen LogP contribution in [0.25, 0.3) is 0 Å². The van der Waals surface area contributed by atoms with Gasteiger partial charge >= 0.3 is 0 Å². The number of nitrogens with two attached hydrogens (primary N) is 1. The summed E-state index contributed by atoms with van der Waals surface area (Å²) in [6.07, 6.45) is 5.28. The first-order valence-corrected chi connectivity index (χ1v) is 7.48. The molecule has 1 rings (SSSR count). The van der Waals surface area contributed by atoms with E-state index in [9.17, 15) is 0 Å². The van der Waals surface area contributed by atoms with Gasteiger partial charge in [0, 0.05) is 12.6 Å². The van der Waals surface area contributed by atoms with E-state index in [0.717, 1.165) is 30.3 Å². The van der Waals surface area contributed by atoms with Crippen molar-refractivity contribution < 1.29 is 0 Å². The number of nitrogens with zero attached hydrogens (tertiary/aromatic N) is 1. The fraction of sp³-hybridized carbons (Fsp3) is 1.00. The van der Waals surface area contributed by atoms with Crippen LogP contribution < -0.4 is 5.73 Å². The lowest BCUT2D eigenvalue weighted by Crippen LogP contribution is -2.28. The standard InChI is InChI=1S/C15H32N2/c1-12(2)15(7-8-16)6-5-9-17-11-13(3)10-14(17)4/h12-15H,5-11,16H2,1-4H3. The lowest BCUT2D eigenvalue weighted by Gasteiger charge is -2.24. The van der Waals surface area contributed by atoms with Crippen molar-refractivity contribution in [1.29, 1.82) is 0 Å². The van der Waals surface area contributed by atoms with Crippen LogP contribution in [-0.2, 0) is 0 Å². The summed E-state index contributed by atoms with van der Waals surface area (Å²) in [4.78, 5) is 2.67. The van der Waals surface area contributed by atoms with E-state index in [1.165, 1.54) is 38.8 Å². The van der Waals surface area contributed by atoms with Gasteiger partial charge in [0.1, 0.15) is 0 Å². The fourth-order valence-electron chi connectivity index (χ4n) is 3.28. The van der Waals surface area contributed by atoms with Crippen LogP contribution in [0.15, 0.2) is 0 Å². The number of likely N-dealkylation sites (tertiary alicyclic amines) is 1. The van der Waals surface area contributed by atoms with E-state index < -0.39 is 0 Å². The van der Waals surface area contributed by atoms with Crippen molar-refractivity contribution in [2.24, 2.45) is 23.5 Å². The first-order chi connectivity index (χ1) is 8.04. The summed E-state index contributed by atoms with van der Waals surface area (Å²) in [5, 5.41) is 0. The highest BCUT2D eigenvalue weighted by molar-refractivity contribution is 4.80. The Kier molecular flexibility index (Phi) is 6.50. The average molecular weight is 240 g/mol. The highest BCUT2D eigenvalue weighted by atomic mass is 15.2. The van der Waals surface area contributed by atoms with Gasteiger partial charge in [-0.05, 0) is 63.5 Å². The summed E-state index contributed by atoms with van der Waals surface area (Å²) in [5.41, 5.74) is 5.69. The molecule has 2 N–H and O–H groups in total. The quantitative estimate of drug-likeness (QED) is 0.741. The van der Waals surface area contributed by atoms with Crippen molar-refractivity contribution in [2.45, 2.75) is 59.4 Å². The Labute approximate surface area is 108 Å². The average Bonchev–Trinajstić information content (AvgIpc) is 2.56. The molecule has 0 spiro atoms. The van der Waals surface area contributed by atoms with E-state index >= 15 is 0 Å². The van der Waals surface area contributed by atoms with Crippen LogP contribution in [0.2, 0.25) is 0 Å². The summed E-state index contributed by atoms with van der Waals surface area (Å²) in [5.74, 6) is 2.51. The maximum absolute atomic E-state index is 5.69. The Morgan fingerprint density at radius 2 is 1.94 bits per heavy atom. The molecule has 1 heterocycles. The van der Waals surface area contributed by atoms with Crippen LogP contribution in [-0.4, -0.2) is 30.6 Å². The van der Waals surface area contributed by atoms with E-state index in [0.29, 0.717) is 0 Å². The van der Waals surface area contributed by atoms with Gasteiger partial charge in [-0.25, -0.2) is 0 Å². The van der Waals surface area contributed by atoms with E-state index in [-0.39, 0.29) is 0 Å². The minimum Gasteiger partial charge on any atom is -0.330 e. The molecule has 17 heavy (non-hydrogen) atoms. The number of hydrogen-bond acceptors (Lipinski definition) is 2. The van der Waals surface area contributed by atoms with Crippen LogP contribution >= 0.6 is 0 Å². The molecule has 1 aliphatic heterocycles. The van der Waals surface area contributed by atoms with Crippen molar-refractivity contribution in [3.63, 3.8) is 0 Å². The molecule has 0 radical (unpaired) electrons. The maximum atomic E-state index is 5.69. The molecule has 1 aliphatic rings. The summed E-state index contributed by atoms with van der Waals surface area (Å²) >= 11 is 0. The molecule has 102 valence electrons. The summed E-state index contributed by atoms with van der Waals surface area (Å²) < 4.78 is 0. The molecule has 0 aliphatic carbocycles. The smallest absolute Gasteiger partial charge is 0.00700 e. The Hall–Kier alpha value is -0.0800. The van der Waals surface area contributed by atoms with Gasteiger partial charge in [-0.2, -0.15) is 0 Å². The molecule has 0 saturated carbocycles. The van der Waals surface area contributed by atoms with Gasteiger partial charge < -0.3 is 10.6 Å². The highest BCUT2D eigenvalue weighted by Crippen LogP contribution is 2.25. The van der Waals surface area contributed by atoms with Crippen LogP contribution in [0.3, 0.4) is 0 Å². The molecule has 1 saturated heterocycles. The lowest BCUT2D eigenvalue weighted by molar-refractivity contribution is 0.240. The zero-order chi connectivity index (χ0) is 12.8. The zero-order valence-electron chi connectivity index (χ0n) is 12.3. The molecule has 3 unspecified atom stereocenters. The van der Waals surface area contributed by atoms with Crippen LogP contribution in [0.4, 0.5) is 0 Å². The molecule has 0 amide bonds. The van der Waals surface area contributed by atoms with Crippen LogP contribution in [0.1, 0.15) is 53.4 Å². The van der Waals surface area contributed by atoms with E-state index in [4.69, 9.17) is 5.73 Å². The minimum absolute atomic E-state index is 0.786. The molecule has 2 nitrogen and oxygen atoms in total. The third-order valence-corrected chi connectivity index (χ3v) is 4.41. The molecule has 0 aromatic carbocycles. The molecule has 1 fully saturated rings. The van der Waals surface area contributed by atoms with Crippen molar-refractivity contribution in [3.8, 4) is 0 Å². The van der Waals surface area contributed by atoms with E-state index in [2.05, 4.69) is 32.6 Å². The van der Waals surface area contributed by atoms with Crippen molar-refractivity contribution >= 4 is 0 Å². The summed E-state index contributed by atoms with van der Waals surface area (Å²) in [6.45, 7) is 12.9. The normalized spacial score (nSPS) is 27.9. The number of rotatable bonds is 7. The maximum Gasteiger partial charge on any atom is 0.00700 e. The Balaban J connectivity index is 2.21. The Bertz CT molecular complexity index is 201. The zero-order valence-corrected chi connectivity index (χ0v) is 12.3. The third-order valence-electron chi connectivity index (χ3n) is 4.41. The SMILES string of the molecule is CC1CC(C)N(CCCC(CCN)C(C)C)C1. The van der Waals surface area contributed by atoms with Gasteiger partial charge in [0.25, 0.3) is 0 Å². The monoisotopic (exact) mass is 240 g/mol. The fourth-order valence-corrected chi connectivity index (χ4v) is 3.28. The third kappa shape index (κ3) is 4.97. The second-order valence-electron chi connectivity index (χ2n) is 6.41. The number of hydrogen-bond donors (Lipinski definition) is 1. The predicted molar refractivity (Wildman–Crippen MR) is 76.0 cm³/mol. The van der Waals surface area contributed by atoms with Gasteiger partial charge in [-0.1, -0.05) is 20.8 Å². The van der Waals surface area contributed by atoms with Gasteiger partial charge in [0.05, 0.1) is 0 Å². The van der Waals surface area contributed by atoms with E-state index in [1.807, 2.05) is 0 Å². The van der Waals surface area contributed by atoms with Gasteiger partial charge in [0.15, 0.2) is 0 Å². The van der Waals surface area contributed by atoms with Gasteiger partial charge in [0.2, 0.25) is 0 Å². The Morgan fingerprint density at radius 3 is 2.41 bits per heavy atom. The topological polar surface area (TPSA) is 29.3 Å². The summed E-state index contributed by atoms with van der Waals surface area (Å²) in [7, 11) is 0. The lowest BCUT2D eigenvalue weighted by atomic mass is 9.88. The molecule has 2 heteroatoms. The van der Waals surface area contributed by atoms with Crippen molar-refractivity contribution in [3.05, 3.63) is 0 Å². The molecular formula is C15H32N2. The molecule has 0 aromatic rings. The van der Waals surface area contributed by atoms with Gasteiger partial charge in [-0.3, -0.25) is 0 Å². The Morgan fingerprint density at radius 1 is 1.24 bits per heavy atom. The van der Waals surface area contributed by atoms with Crippen molar-refractivity contribution in [1.82, 2.24) is 4.90 Å². The highest BCUT2D eigenvalue weighted by Gasteiger charge is 2.25. The second-order valence-corrected chi connectivity index (χ2v) is 6.41. The second kappa shape index (κ2) is 7.38. The van der Waals surface area contributed by atoms with Crippen LogP contribution in [0, 0.1) is 17.8 Å². The first kappa shape index (κ1) is 15.0. The molecule has 3 atom stereocenters. The molecular weight excluding hydrogens is 208 g/mol. The van der Waals surface area contributed by atoms with Crippen LogP contribution in [0.5, 0.6) is 0 Å². The van der Waals surface area contributed by atoms with Crippen molar-refractivity contribution in [2.75, 3.05) is 19.6 Å². The molecule has 0 bridgehead atoms. The first-order valence-electron chi connectivity index (χ1n) is 7.48. The minimum atomic E-state index is 0.786. The predicted octanol–water partition coefficient (Wildman–Crippen LogP) is 3.12. The summed E-state index contributed by atoms with van der Waals surface area (Å²) in [6, 6.07) is 0.803. The van der Waals surface area contributed by atoms with Gasteiger partial charge in [-0.15, -0.1) is 0 Å².